The van der Waals surface area contributed by atoms with Gasteiger partial charge in [0.15, 0.2) is 0 Å². The Morgan fingerprint density at radius 2 is 1.74 bits per heavy atom. The average molecular weight is 555 g/mol. The first-order valence-corrected chi connectivity index (χ1v) is 13.4. The van der Waals surface area contributed by atoms with E-state index in [1.165, 1.54) is 19.3 Å². The molecule has 1 aliphatic rings. The van der Waals surface area contributed by atoms with E-state index in [1.54, 1.807) is 13.8 Å². The monoisotopic (exact) mass is 554 g/mol. The zero-order chi connectivity index (χ0) is 29.8. The van der Waals surface area contributed by atoms with Crippen LogP contribution in [0.2, 0.25) is 0 Å². The molecule has 1 heterocycles. The van der Waals surface area contributed by atoms with Crippen molar-refractivity contribution >= 4 is 29.8 Å². The zero-order valence-corrected chi connectivity index (χ0v) is 24.4. The van der Waals surface area contributed by atoms with Crippen molar-refractivity contribution in [1.29, 1.82) is 0 Å². The Morgan fingerprint density at radius 1 is 1.08 bits per heavy atom. The summed E-state index contributed by atoms with van der Waals surface area (Å²) in [6.07, 6.45) is 2.34. The van der Waals surface area contributed by atoms with Gasteiger partial charge in [-0.3, -0.25) is 14.4 Å². The number of carbonyl (C=O) groups excluding carboxylic acids is 5. The molecule has 4 N–H and O–H groups in total. The van der Waals surface area contributed by atoms with Gasteiger partial charge in [-0.2, -0.15) is 0 Å². The molecule has 0 radical (unpaired) electrons. The van der Waals surface area contributed by atoms with E-state index >= 15 is 0 Å². The number of methoxy groups -OCH3 is 1. The Hall–Kier alpha value is -3.15. The van der Waals surface area contributed by atoms with Crippen molar-refractivity contribution in [3.05, 3.63) is 12.2 Å². The maximum absolute atomic E-state index is 13.4. The highest BCUT2D eigenvalue weighted by molar-refractivity contribution is 5.92. The van der Waals surface area contributed by atoms with E-state index in [2.05, 4.69) is 26.0 Å². The first-order valence-electron chi connectivity index (χ1n) is 13.4. The molecule has 5 atom stereocenters. The van der Waals surface area contributed by atoms with Gasteiger partial charge in [0, 0.05) is 24.6 Å². The number of alkyl carbamates (subject to hydrolysis) is 1. The van der Waals surface area contributed by atoms with Crippen LogP contribution in [0.3, 0.4) is 0 Å². The average Bonchev–Trinajstić information content (AvgIpc) is 3.22. The minimum atomic E-state index is -1.14. The van der Waals surface area contributed by atoms with Crippen molar-refractivity contribution < 1.29 is 38.2 Å². The van der Waals surface area contributed by atoms with Gasteiger partial charge in [-0.15, -0.1) is 0 Å². The largest absolute Gasteiger partial charge is 0.463 e. The fraction of sp³-hybridized carbons (Fsp3) is 0.741. The Balaban J connectivity index is 3.14. The molecule has 12 nitrogen and oxygen atoms in total. The second-order valence-corrected chi connectivity index (χ2v) is 11.0. The Morgan fingerprint density at radius 3 is 2.26 bits per heavy atom. The number of hydrogen-bond acceptors (Lipinski definition) is 8. The molecule has 0 aliphatic carbocycles. The number of amides is 4. The molecule has 0 bridgehead atoms. The van der Waals surface area contributed by atoms with Crippen LogP contribution in [0.5, 0.6) is 0 Å². The maximum Gasteiger partial charge on any atom is 0.407 e. The van der Waals surface area contributed by atoms with Crippen molar-refractivity contribution in [2.75, 3.05) is 20.3 Å². The Labute approximate surface area is 231 Å². The third kappa shape index (κ3) is 13.0. The highest BCUT2D eigenvalue weighted by atomic mass is 16.5. The second-order valence-electron chi connectivity index (χ2n) is 11.0. The van der Waals surface area contributed by atoms with Crippen LogP contribution in [-0.2, 0) is 33.4 Å². The first-order chi connectivity index (χ1) is 18.2. The number of ether oxygens (including phenoxy) is 3. The summed E-state index contributed by atoms with van der Waals surface area (Å²) in [6.45, 7) is 13.3. The summed E-state index contributed by atoms with van der Waals surface area (Å²) in [5, 5.41) is 10.9. The van der Waals surface area contributed by atoms with Crippen molar-refractivity contribution in [1.82, 2.24) is 21.3 Å². The molecule has 0 aromatic rings. The van der Waals surface area contributed by atoms with E-state index in [-0.39, 0.29) is 30.8 Å². The number of hydrogen-bond donors (Lipinski definition) is 4. The highest BCUT2D eigenvalue weighted by Gasteiger charge is 2.34. The van der Waals surface area contributed by atoms with Crippen LogP contribution < -0.4 is 21.3 Å². The molecule has 1 saturated heterocycles. The zero-order valence-electron chi connectivity index (χ0n) is 24.4. The molecule has 39 heavy (non-hydrogen) atoms. The molecule has 1 aliphatic heterocycles. The van der Waals surface area contributed by atoms with Crippen LogP contribution in [-0.4, -0.2) is 79.9 Å². The standard InChI is InChI=1S/C27H46N4O8/c1-9-38-21(32)11-10-19(15-18-12-13-28-23(18)33)29-24(34)20(14-16(2)3)30-25(35)22(31-26(36)37-8)17(4)39-27(5,6)7/h10-11,16-20,22H,9,12-15H2,1-8H3,(H,28,33)(H,29,34)(H,30,35)(H,31,36)/t17?,18-,19+,20-,22-/m0/s1. The second kappa shape index (κ2) is 16.1. The predicted octanol–water partition coefficient (Wildman–Crippen LogP) is 1.58. The minimum absolute atomic E-state index is 0.0328. The smallest absolute Gasteiger partial charge is 0.407 e. The van der Waals surface area contributed by atoms with Crippen LogP contribution in [0.15, 0.2) is 12.2 Å². The van der Waals surface area contributed by atoms with Gasteiger partial charge in [-0.1, -0.05) is 19.9 Å². The summed E-state index contributed by atoms with van der Waals surface area (Å²) in [4.78, 5) is 62.8. The number of esters is 1. The lowest BCUT2D eigenvalue weighted by molar-refractivity contribution is -0.137. The van der Waals surface area contributed by atoms with E-state index in [9.17, 15) is 24.0 Å². The molecule has 1 fully saturated rings. The molecule has 0 spiro atoms. The lowest BCUT2D eigenvalue weighted by Gasteiger charge is -2.31. The lowest BCUT2D eigenvalue weighted by atomic mass is 9.96. The molecule has 1 unspecified atom stereocenters. The first kappa shape index (κ1) is 33.9. The lowest BCUT2D eigenvalue weighted by Crippen LogP contribution is -2.59. The van der Waals surface area contributed by atoms with Gasteiger partial charge >= 0.3 is 12.1 Å². The molecule has 0 aromatic heterocycles. The van der Waals surface area contributed by atoms with Crippen molar-refractivity contribution in [2.45, 2.75) is 97.6 Å². The molecule has 12 heteroatoms. The summed E-state index contributed by atoms with van der Waals surface area (Å²) in [6, 6.07) is -2.76. The van der Waals surface area contributed by atoms with Crippen molar-refractivity contribution in [2.24, 2.45) is 11.8 Å². The molecule has 222 valence electrons. The summed E-state index contributed by atoms with van der Waals surface area (Å²) in [5.41, 5.74) is -0.602. The van der Waals surface area contributed by atoms with Crippen LogP contribution in [0, 0.1) is 11.8 Å². The third-order valence-electron chi connectivity index (χ3n) is 5.87. The summed E-state index contributed by atoms with van der Waals surface area (Å²) in [7, 11) is 1.18. The van der Waals surface area contributed by atoms with E-state index in [0.29, 0.717) is 19.4 Å². The maximum atomic E-state index is 13.4. The Bertz CT molecular complexity index is 884. The molecular formula is C27H46N4O8. The summed E-state index contributed by atoms with van der Waals surface area (Å²) >= 11 is 0. The number of carbonyl (C=O) groups is 5. The van der Waals surface area contributed by atoms with Gasteiger partial charge in [0.25, 0.3) is 0 Å². The van der Waals surface area contributed by atoms with Gasteiger partial charge in [0.1, 0.15) is 12.1 Å². The minimum Gasteiger partial charge on any atom is -0.463 e. The predicted molar refractivity (Wildman–Crippen MR) is 144 cm³/mol. The van der Waals surface area contributed by atoms with Crippen molar-refractivity contribution in [3.8, 4) is 0 Å². The Kier molecular flexibility index (Phi) is 14.0. The van der Waals surface area contributed by atoms with Crippen LogP contribution in [0.1, 0.15) is 67.7 Å². The van der Waals surface area contributed by atoms with Gasteiger partial charge in [-0.05, 0) is 59.8 Å². The number of rotatable bonds is 14. The quantitative estimate of drug-likeness (QED) is 0.186. The van der Waals surface area contributed by atoms with Crippen LogP contribution in [0.25, 0.3) is 0 Å². The van der Waals surface area contributed by atoms with E-state index < -0.39 is 53.7 Å². The molecule has 0 saturated carbocycles. The number of nitrogens with one attached hydrogen (secondary N) is 4. The van der Waals surface area contributed by atoms with Gasteiger partial charge in [0.2, 0.25) is 17.7 Å². The third-order valence-corrected chi connectivity index (χ3v) is 5.87. The van der Waals surface area contributed by atoms with E-state index in [1.807, 2.05) is 34.6 Å². The SMILES string of the molecule is CCOC(=O)C=C[C@H](C[C@@H]1CCNC1=O)NC(=O)[C@H](CC(C)C)NC(=O)[C@@H](NC(=O)OC)C(C)OC(C)(C)C. The normalized spacial score (nSPS) is 18.6. The molecule has 4 amide bonds. The molecule has 1 rings (SSSR count). The highest BCUT2D eigenvalue weighted by Crippen LogP contribution is 2.18. The van der Waals surface area contributed by atoms with E-state index in [0.717, 1.165) is 0 Å². The molecular weight excluding hydrogens is 508 g/mol. The summed E-state index contributed by atoms with van der Waals surface area (Å²) in [5.74, 6) is -2.09. The van der Waals surface area contributed by atoms with E-state index in [4.69, 9.17) is 9.47 Å². The topological polar surface area (TPSA) is 161 Å². The van der Waals surface area contributed by atoms with Gasteiger partial charge in [0.05, 0.1) is 25.4 Å². The van der Waals surface area contributed by atoms with Crippen LogP contribution >= 0.6 is 0 Å². The summed E-state index contributed by atoms with van der Waals surface area (Å²) < 4.78 is 15.5. The van der Waals surface area contributed by atoms with Crippen LogP contribution in [0.4, 0.5) is 4.79 Å². The molecule has 0 aromatic carbocycles. The van der Waals surface area contributed by atoms with Gasteiger partial charge in [-0.25, -0.2) is 9.59 Å². The fourth-order valence-corrected chi connectivity index (χ4v) is 4.20. The van der Waals surface area contributed by atoms with Gasteiger partial charge < -0.3 is 35.5 Å². The fourth-order valence-electron chi connectivity index (χ4n) is 4.20. The van der Waals surface area contributed by atoms with Crippen molar-refractivity contribution in [3.63, 3.8) is 0 Å².